The van der Waals surface area contributed by atoms with Crippen molar-refractivity contribution >= 4 is 59.2 Å². The quantitative estimate of drug-likeness (QED) is 0.0703. The Kier molecular flexibility index (Phi) is 11.2. The van der Waals surface area contributed by atoms with Crippen molar-refractivity contribution in [2.24, 2.45) is 7.05 Å². The maximum atomic E-state index is 13.4. The number of fused-ring (bicyclic) bond motifs is 1. The van der Waals surface area contributed by atoms with E-state index in [1.807, 2.05) is 0 Å². The number of imide groups is 1. The number of aliphatic hydroxyl groups is 1. The van der Waals surface area contributed by atoms with E-state index in [-0.39, 0.29) is 66.4 Å². The maximum absolute atomic E-state index is 13.4. The van der Waals surface area contributed by atoms with E-state index >= 15 is 0 Å². The van der Waals surface area contributed by atoms with E-state index in [4.69, 9.17) is 4.74 Å². The second kappa shape index (κ2) is 13.9. The second-order valence-electron chi connectivity index (χ2n) is 9.39. The van der Waals surface area contributed by atoms with E-state index in [9.17, 15) is 39.0 Å². The van der Waals surface area contributed by atoms with Gasteiger partial charge in [0.1, 0.15) is 11.4 Å². The number of rotatable bonds is 10. The van der Waals surface area contributed by atoms with Crippen molar-refractivity contribution in [3.05, 3.63) is 11.3 Å². The number of methoxy groups -OCH3 is 1. The minimum Gasteiger partial charge on any atom is -0.543 e. The van der Waals surface area contributed by atoms with Gasteiger partial charge < -0.3 is 35.3 Å². The molecule has 0 aliphatic carbocycles. The third-order valence-electron chi connectivity index (χ3n) is 6.87. The van der Waals surface area contributed by atoms with Crippen LogP contribution in [-0.2, 0) is 35.8 Å². The number of carbonyl (C=O) groups is 6. The second-order valence-corrected chi connectivity index (χ2v) is 11.4. The van der Waals surface area contributed by atoms with Crippen LogP contribution in [0.2, 0.25) is 0 Å². The summed E-state index contributed by atoms with van der Waals surface area (Å²) in [5.74, 6) is -5.27. The first kappa shape index (κ1) is 34.7. The SMILES string of the molecule is CCN1CCN(C(=O)N[C@@H](C(=O)N[C@]2(OC)C(=O)N3C(C(=O)[O-])=C(CSc4nnnn4C)CS[C@@H]32)[C@H](C)O)C(=O)C1=O.[Na+]. The van der Waals surface area contributed by atoms with Crippen LogP contribution in [0.4, 0.5) is 4.79 Å². The zero-order chi connectivity index (χ0) is 30.9. The summed E-state index contributed by atoms with van der Waals surface area (Å²) < 4.78 is 6.81. The van der Waals surface area contributed by atoms with Crippen LogP contribution in [0.25, 0.3) is 0 Å². The molecule has 43 heavy (non-hydrogen) atoms. The van der Waals surface area contributed by atoms with Crippen molar-refractivity contribution in [1.82, 2.24) is 45.5 Å². The Morgan fingerprint density at radius 1 is 1.26 bits per heavy atom. The number of nitrogens with one attached hydrogen (secondary N) is 2. The minimum absolute atomic E-state index is 0. The summed E-state index contributed by atoms with van der Waals surface area (Å²) in [7, 11) is 2.75. The van der Waals surface area contributed by atoms with Crippen LogP contribution in [0, 0.1) is 0 Å². The van der Waals surface area contributed by atoms with Crippen molar-refractivity contribution in [2.75, 3.05) is 38.2 Å². The molecule has 4 rings (SSSR count). The minimum atomic E-state index is -2.04. The number of hydrogen-bond donors (Lipinski definition) is 3. The molecule has 3 N–H and O–H groups in total. The van der Waals surface area contributed by atoms with Crippen molar-refractivity contribution < 1.29 is 73.3 Å². The predicted octanol–water partition coefficient (Wildman–Crippen LogP) is -7.17. The van der Waals surface area contributed by atoms with Crippen LogP contribution in [-0.4, -0.2) is 137 Å². The number of carbonyl (C=O) groups excluding carboxylic acids is 6. The largest absolute Gasteiger partial charge is 1.00 e. The Hall–Kier alpha value is -2.75. The zero-order valence-corrected chi connectivity index (χ0v) is 27.6. The summed E-state index contributed by atoms with van der Waals surface area (Å²) in [6.07, 6.45) is -1.51. The van der Waals surface area contributed by atoms with Gasteiger partial charge in [0.05, 0.1) is 17.8 Å². The van der Waals surface area contributed by atoms with Crippen molar-refractivity contribution in [1.29, 1.82) is 0 Å². The number of ether oxygens (including phenoxy) is 1. The number of amides is 6. The average Bonchev–Trinajstić information content (AvgIpc) is 3.37. The number of aryl methyl sites for hydroxylation is 1. The Bertz CT molecular complexity index is 1360. The molecular weight excluding hydrogens is 621 g/mol. The summed E-state index contributed by atoms with van der Waals surface area (Å²) in [4.78, 5) is 79.0. The normalized spacial score (nSPS) is 23.2. The monoisotopic (exact) mass is 649 g/mol. The number of tetrazole rings is 1. The average molecular weight is 650 g/mol. The van der Waals surface area contributed by atoms with Crippen molar-refractivity contribution in [3.63, 3.8) is 0 Å². The Balaban J connectivity index is 0.00000506. The van der Waals surface area contributed by atoms with Gasteiger partial charge in [0.15, 0.2) is 0 Å². The molecule has 4 heterocycles. The van der Waals surface area contributed by atoms with Gasteiger partial charge in [-0.3, -0.25) is 29.0 Å². The molecule has 2 fully saturated rings. The molecule has 0 radical (unpaired) electrons. The van der Waals surface area contributed by atoms with Crippen molar-refractivity contribution in [3.8, 4) is 0 Å². The van der Waals surface area contributed by atoms with Gasteiger partial charge in [-0.15, -0.1) is 16.9 Å². The molecule has 6 amide bonds. The number of aliphatic carboxylic acids is 1. The smallest absolute Gasteiger partial charge is 0.543 e. The molecule has 228 valence electrons. The van der Waals surface area contributed by atoms with E-state index in [1.165, 1.54) is 16.5 Å². The first-order valence-electron chi connectivity index (χ1n) is 12.6. The predicted molar refractivity (Wildman–Crippen MR) is 140 cm³/mol. The van der Waals surface area contributed by atoms with Crippen LogP contribution in [0.3, 0.4) is 0 Å². The zero-order valence-electron chi connectivity index (χ0n) is 23.9. The van der Waals surface area contributed by atoms with Crippen LogP contribution in [0.5, 0.6) is 0 Å². The fraction of sp³-hybridized carbons (Fsp3) is 0.591. The van der Waals surface area contributed by atoms with Gasteiger partial charge in [0.25, 0.3) is 11.6 Å². The Morgan fingerprint density at radius 2 is 1.95 bits per heavy atom. The molecule has 0 bridgehead atoms. The van der Waals surface area contributed by atoms with Gasteiger partial charge in [-0.05, 0) is 29.8 Å². The molecule has 0 unspecified atom stereocenters. The summed E-state index contributed by atoms with van der Waals surface area (Å²) in [5, 5.41) is 37.5. The fourth-order valence-corrected chi connectivity index (χ4v) is 7.01. The number of carboxylic acids is 1. The molecule has 4 atom stereocenters. The number of β-lactam (4-membered cyclic amide) rings is 1. The number of urea groups is 1. The standard InChI is InChI=1S/C22H29N9O9S2.Na/c1-5-29-6-7-30(16(35)15(29)34)20(39)23-12(10(2)32)14(33)24-22(40-4)18(38)31-13(17(36)37)11(8-41-19(22)31)9-42-21-25-26-27-28(21)3;/h10,12,19,32H,5-9H2,1-4H3,(H,23,39)(H,24,33)(H,36,37);/q;+1/p-1/t10-,12+,19+,22-;/m0./s1. The molecule has 2 saturated heterocycles. The van der Waals surface area contributed by atoms with Gasteiger partial charge in [0.2, 0.25) is 11.1 Å². The number of aromatic nitrogens is 4. The topological polar surface area (TPSA) is 232 Å². The Labute approximate surface area is 275 Å². The van der Waals surface area contributed by atoms with Crippen LogP contribution >= 0.6 is 23.5 Å². The van der Waals surface area contributed by atoms with Gasteiger partial charge in [0, 0.05) is 45.3 Å². The van der Waals surface area contributed by atoms with Gasteiger partial charge in [-0.1, -0.05) is 11.8 Å². The summed E-state index contributed by atoms with van der Waals surface area (Å²) in [6, 6.07) is -2.76. The number of likely N-dealkylation sites (N-methyl/N-ethyl adjacent to an activating group) is 1. The third-order valence-corrected chi connectivity index (χ3v) is 9.34. The first-order chi connectivity index (χ1) is 19.9. The van der Waals surface area contributed by atoms with Crippen LogP contribution in [0.15, 0.2) is 16.4 Å². The molecule has 1 aromatic heterocycles. The van der Waals surface area contributed by atoms with E-state index in [1.54, 1.807) is 14.0 Å². The molecular formula is C22H28N9NaO9S2. The summed E-state index contributed by atoms with van der Waals surface area (Å²) in [5.41, 5.74) is -2.04. The number of carboxylic acid groups (broad SMARTS) is 1. The Morgan fingerprint density at radius 3 is 2.51 bits per heavy atom. The van der Waals surface area contributed by atoms with Crippen LogP contribution < -0.4 is 45.3 Å². The number of thioether (sulfide) groups is 2. The van der Waals surface area contributed by atoms with E-state index < -0.39 is 58.9 Å². The fourth-order valence-electron chi connectivity index (χ4n) is 4.58. The van der Waals surface area contributed by atoms with Gasteiger partial charge >= 0.3 is 47.4 Å². The van der Waals surface area contributed by atoms with E-state index in [0.717, 1.165) is 35.5 Å². The molecule has 21 heteroatoms. The maximum Gasteiger partial charge on any atom is 1.00 e. The number of nitrogens with zero attached hydrogens (tertiary/aromatic N) is 7. The molecule has 18 nitrogen and oxygen atoms in total. The van der Waals surface area contributed by atoms with Crippen molar-refractivity contribution in [2.45, 2.75) is 42.2 Å². The number of aliphatic hydroxyl groups excluding tert-OH is 1. The number of piperazine rings is 1. The molecule has 3 aliphatic rings. The number of hydrogen-bond acceptors (Lipinski definition) is 14. The van der Waals surface area contributed by atoms with Crippen LogP contribution in [0.1, 0.15) is 13.8 Å². The molecule has 0 spiro atoms. The molecule has 0 aromatic carbocycles. The first-order valence-corrected chi connectivity index (χ1v) is 14.6. The molecule has 1 aromatic rings. The summed E-state index contributed by atoms with van der Waals surface area (Å²) >= 11 is 2.28. The van der Waals surface area contributed by atoms with E-state index in [2.05, 4.69) is 26.2 Å². The third kappa shape index (κ3) is 6.40. The molecule has 3 aliphatic heterocycles. The van der Waals surface area contributed by atoms with Gasteiger partial charge in [-0.2, -0.15) is 0 Å². The molecule has 0 saturated carbocycles. The van der Waals surface area contributed by atoms with Gasteiger partial charge in [-0.25, -0.2) is 9.48 Å². The summed E-state index contributed by atoms with van der Waals surface area (Å²) in [6.45, 7) is 3.12. The van der Waals surface area contributed by atoms with E-state index in [0.29, 0.717) is 15.6 Å².